The Kier molecular flexibility index (Phi) is 5.05. The average molecular weight is 432 g/mol. The molecule has 0 aliphatic carbocycles. The van der Waals surface area contributed by atoms with Gasteiger partial charge in [-0.1, -0.05) is 36.4 Å². The summed E-state index contributed by atoms with van der Waals surface area (Å²) in [5.74, 6) is -0.835. The summed E-state index contributed by atoms with van der Waals surface area (Å²) in [7, 11) is 1.76. The zero-order valence-electron chi connectivity index (χ0n) is 18.7. The smallest absolute Gasteiger partial charge is 0.254 e. The summed E-state index contributed by atoms with van der Waals surface area (Å²) < 4.78 is 0. The van der Waals surface area contributed by atoms with Crippen LogP contribution in [-0.2, 0) is 11.2 Å². The number of aromatic nitrogens is 1. The molecule has 0 unspecified atom stereocenters. The van der Waals surface area contributed by atoms with E-state index in [1.807, 2.05) is 48.2 Å². The van der Waals surface area contributed by atoms with Crippen molar-refractivity contribution in [3.63, 3.8) is 0 Å². The molecule has 3 aromatic rings. The molecule has 6 nitrogen and oxygen atoms in total. The number of piperidine rings is 1. The number of para-hydroxylation sites is 1. The van der Waals surface area contributed by atoms with Crippen molar-refractivity contribution in [2.24, 2.45) is 5.92 Å². The van der Waals surface area contributed by atoms with E-state index < -0.39 is 18.1 Å². The monoisotopic (exact) mass is 431 g/mol. The molecule has 1 aromatic heterocycles. The molecule has 2 amide bonds. The Bertz CT molecular complexity index is 1200. The van der Waals surface area contributed by atoms with Crippen LogP contribution in [0.2, 0.25) is 0 Å². The molecule has 32 heavy (non-hydrogen) atoms. The summed E-state index contributed by atoms with van der Waals surface area (Å²) in [5, 5.41) is 11.8. The molecule has 0 saturated carbocycles. The quantitative estimate of drug-likeness (QED) is 0.667. The molecule has 2 aromatic carbocycles. The second-order valence-corrected chi connectivity index (χ2v) is 9.16. The van der Waals surface area contributed by atoms with Crippen molar-refractivity contribution < 1.29 is 14.7 Å². The van der Waals surface area contributed by atoms with Crippen LogP contribution in [0.5, 0.6) is 0 Å². The maximum atomic E-state index is 13.6. The van der Waals surface area contributed by atoms with Gasteiger partial charge in [-0.15, -0.1) is 0 Å². The van der Waals surface area contributed by atoms with E-state index in [2.05, 4.69) is 17.1 Å². The van der Waals surface area contributed by atoms with Crippen molar-refractivity contribution in [2.45, 2.75) is 44.9 Å². The number of nitrogens with zero attached hydrogens (tertiary/aromatic N) is 2. The van der Waals surface area contributed by atoms with E-state index in [9.17, 15) is 14.7 Å². The Balaban J connectivity index is 1.54. The molecule has 5 rings (SSSR count). The molecule has 2 aliphatic heterocycles. The van der Waals surface area contributed by atoms with Crippen LogP contribution in [-0.4, -0.2) is 57.4 Å². The van der Waals surface area contributed by atoms with Gasteiger partial charge in [0.2, 0.25) is 5.91 Å². The second-order valence-electron chi connectivity index (χ2n) is 9.16. The topological polar surface area (TPSA) is 76.6 Å². The van der Waals surface area contributed by atoms with Crippen LogP contribution in [0.3, 0.4) is 0 Å². The lowest BCUT2D eigenvalue weighted by atomic mass is 9.79. The first-order chi connectivity index (χ1) is 15.4. The Labute approximate surface area is 187 Å². The van der Waals surface area contributed by atoms with Crippen molar-refractivity contribution in [2.75, 3.05) is 13.6 Å². The summed E-state index contributed by atoms with van der Waals surface area (Å²) in [6.45, 7) is 4.20. The largest absolute Gasteiger partial charge is 0.393 e. The molecule has 4 atom stereocenters. The highest BCUT2D eigenvalue weighted by Crippen LogP contribution is 2.43. The fourth-order valence-corrected chi connectivity index (χ4v) is 5.64. The van der Waals surface area contributed by atoms with E-state index in [4.69, 9.17) is 0 Å². The molecule has 0 bridgehead atoms. The highest BCUT2D eigenvalue weighted by molar-refractivity contribution is 5.96. The van der Waals surface area contributed by atoms with Crippen molar-refractivity contribution in [3.8, 4) is 0 Å². The molecule has 6 heteroatoms. The van der Waals surface area contributed by atoms with E-state index >= 15 is 0 Å². The summed E-state index contributed by atoms with van der Waals surface area (Å²) in [4.78, 5) is 34.1. The number of amides is 2. The van der Waals surface area contributed by atoms with Gasteiger partial charge in [0.25, 0.3) is 5.91 Å². The Hall–Kier alpha value is -3.12. The lowest BCUT2D eigenvalue weighted by Crippen LogP contribution is -2.59. The molecular formula is C26H29N3O3. The van der Waals surface area contributed by atoms with Gasteiger partial charge in [0.15, 0.2) is 0 Å². The van der Waals surface area contributed by atoms with Gasteiger partial charge in [0.05, 0.1) is 18.1 Å². The van der Waals surface area contributed by atoms with Gasteiger partial charge in [-0.2, -0.15) is 0 Å². The number of benzene rings is 2. The normalized spacial score (nSPS) is 23.6. The van der Waals surface area contributed by atoms with Gasteiger partial charge < -0.3 is 19.9 Å². The van der Waals surface area contributed by atoms with E-state index in [1.54, 1.807) is 18.9 Å². The van der Waals surface area contributed by atoms with Crippen molar-refractivity contribution >= 4 is 22.7 Å². The summed E-state index contributed by atoms with van der Waals surface area (Å²) >= 11 is 0. The molecule has 1 saturated heterocycles. The Morgan fingerprint density at radius 1 is 1.19 bits per heavy atom. The van der Waals surface area contributed by atoms with Gasteiger partial charge in [-0.25, -0.2) is 0 Å². The van der Waals surface area contributed by atoms with Gasteiger partial charge in [0.1, 0.15) is 0 Å². The fourth-order valence-electron chi connectivity index (χ4n) is 5.64. The summed E-state index contributed by atoms with van der Waals surface area (Å²) in [6, 6.07) is 15.2. The molecular weight excluding hydrogens is 402 g/mol. The van der Waals surface area contributed by atoms with Crippen LogP contribution < -0.4 is 0 Å². The maximum absolute atomic E-state index is 13.6. The highest BCUT2D eigenvalue weighted by Gasteiger charge is 2.49. The first kappa shape index (κ1) is 20.8. The molecule has 2 N–H and O–H groups in total. The van der Waals surface area contributed by atoms with Gasteiger partial charge in [-0.3, -0.25) is 9.59 Å². The number of aryl methyl sites for hydroxylation is 1. The second kappa shape index (κ2) is 7.78. The van der Waals surface area contributed by atoms with Crippen LogP contribution in [0.4, 0.5) is 0 Å². The van der Waals surface area contributed by atoms with Gasteiger partial charge in [-0.05, 0) is 49.9 Å². The summed E-state index contributed by atoms with van der Waals surface area (Å²) in [6.07, 6.45) is 0.538. The Morgan fingerprint density at radius 3 is 2.66 bits per heavy atom. The minimum absolute atomic E-state index is 0.0741. The zero-order chi connectivity index (χ0) is 22.6. The average Bonchev–Trinajstić information content (AvgIpc) is 3.17. The van der Waals surface area contributed by atoms with Crippen LogP contribution in [0, 0.1) is 12.8 Å². The minimum atomic E-state index is -0.843. The number of H-pyrrole nitrogens is 1. The van der Waals surface area contributed by atoms with Crippen LogP contribution in [0.25, 0.3) is 10.9 Å². The predicted molar refractivity (Wildman–Crippen MR) is 123 cm³/mol. The van der Waals surface area contributed by atoms with E-state index in [0.717, 1.165) is 23.2 Å². The van der Waals surface area contributed by atoms with Crippen LogP contribution >= 0.6 is 0 Å². The number of hydrogen-bond donors (Lipinski definition) is 2. The number of nitrogens with one attached hydrogen (secondary N) is 1. The van der Waals surface area contributed by atoms with Crippen LogP contribution in [0.1, 0.15) is 46.6 Å². The number of rotatable bonds is 3. The number of fused-ring (bicyclic) bond motifs is 5. The molecule has 2 aliphatic rings. The molecule has 3 heterocycles. The minimum Gasteiger partial charge on any atom is -0.393 e. The maximum Gasteiger partial charge on any atom is 0.254 e. The van der Waals surface area contributed by atoms with Crippen molar-refractivity contribution in [1.82, 2.24) is 14.8 Å². The third-order valence-corrected chi connectivity index (χ3v) is 7.32. The standard InChI is InChI=1S/C26H29N3O3/c1-15-8-4-5-9-17(15)25(31)28(3)21-14-22-24-19(18-10-6-7-11-20(18)27-24)12-13-29(22)26(32)23(21)16(2)30/h4-11,16,21-23,27,30H,12-14H2,1-3H3/t16-,21-,22-,23-/m0/s1. The molecule has 0 radical (unpaired) electrons. The molecule has 0 spiro atoms. The number of aliphatic hydroxyl groups is 1. The number of aromatic amines is 1. The fraction of sp³-hybridized carbons (Fsp3) is 0.385. The predicted octanol–water partition coefficient (Wildman–Crippen LogP) is 3.44. The van der Waals surface area contributed by atoms with Crippen molar-refractivity contribution in [1.29, 1.82) is 0 Å². The number of carbonyl (C=O) groups is 2. The highest BCUT2D eigenvalue weighted by atomic mass is 16.3. The molecule has 166 valence electrons. The third kappa shape index (κ3) is 3.13. The third-order valence-electron chi connectivity index (χ3n) is 7.32. The van der Waals surface area contributed by atoms with Gasteiger partial charge in [0, 0.05) is 41.8 Å². The van der Waals surface area contributed by atoms with E-state index in [-0.39, 0.29) is 17.9 Å². The van der Waals surface area contributed by atoms with Crippen LogP contribution in [0.15, 0.2) is 48.5 Å². The number of carbonyl (C=O) groups excluding carboxylic acids is 2. The van der Waals surface area contributed by atoms with E-state index in [1.165, 1.54) is 10.9 Å². The van der Waals surface area contributed by atoms with E-state index in [0.29, 0.717) is 18.5 Å². The van der Waals surface area contributed by atoms with Crippen molar-refractivity contribution in [3.05, 3.63) is 70.9 Å². The summed E-state index contributed by atoms with van der Waals surface area (Å²) in [5.41, 5.74) is 4.93. The van der Waals surface area contributed by atoms with Gasteiger partial charge >= 0.3 is 0 Å². The zero-order valence-corrected chi connectivity index (χ0v) is 18.7. The first-order valence-corrected chi connectivity index (χ1v) is 11.3. The first-order valence-electron chi connectivity index (χ1n) is 11.3. The lowest BCUT2D eigenvalue weighted by Gasteiger charge is -2.49. The molecule has 1 fully saturated rings. The Morgan fingerprint density at radius 2 is 1.91 bits per heavy atom. The lowest BCUT2D eigenvalue weighted by molar-refractivity contribution is -0.151. The SMILES string of the molecule is Cc1ccccc1C(=O)N(C)[C@H]1C[C@H]2c3[nH]c4ccccc4c3CCN2C(=O)[C@H]1[C@H](C)O. The number of aliphatic hydroxyl groups excluding tert-OH is 1. The number of hydrogen-bond acceptors (Lipinski definition) is 3.